The Kier molecular flexibility index (Phi) is 4.92. The molecule has 0 saturated carbocycles. The molecule has 0 fully saturated rings. The molecule has 0 spiro atoms. The van der Waals surface area contributed by atoms with Gasteiger partial charge in [0, 0.05) is 4.47 Å². The number of aryl methyl sites for hydroxylation is 1. The summed E-state index contributed by atoms with van der Waals surface area (Å²) in [6.45, 7) is 2.19. The van der Waals surface area contributed by atoms with E-state index in [1.807, 2.05) is 31.2 Å². The van der Waals surface area contributed by atoms with Gasteiger partial charge in [-0.3, -0.25) is 4.79 Å². The minimum absolute atomic E-state index is 0.183. The second kappa shape index (κ2) is 7.11. The molecule has 6 nitrogen and oxygen atoms in total. The van der Waals surface area contributed by atoms with E-state index < -0.39 is 0 Å². The number of tetrazole rings is 1. The monoisotopic (exact) mass is 405 g/mol. The van der Waals surface area contributed by atoms with Gasteiger partial charge in [0.05, 0.1) is 22.8 Å². The zero-order valence-corrected chi connectivity index (χ0v) is 15.0. The van der Waals surface area contributed by atoms with Gasteiger partial charge in [-0.15, -0.1) is 5.10 Å². The van der Waals surface area contributed by atoms with Gasteiger partial charge in [0.2, 0.25) is 0 Å². The van der Waals surface area contributed by atoms with Gasteiger partial charge >= 0.3 is 0 Å². The van der Waals surface area contributed by atoms with E-state index in [1.165, 1.54) is 0 Å². The van der Waals surface area contributed by atoms with Gasteiger partial charge in [0.15, 0.2) is 5.82 Å². The van der Waals surface area contributed by atoms with Gasteiger partial charge < -0.3 is 5.32 Å². The summed E-state index contributed by atoms with van der Waals surface area (Å²) in [6.07, 6.45) is 0. The maximum Gasteiger partial charge on any atom is 0.253 e. The van der Waals surface area contributed by atoms with E-state index in [0.717, 1.165) is 15.7 Å². The molecule has 122 valence electrons. The lowest BCUT2D eigenvalue weighted by atomic mass is 10.2. The average Bonchev–Trinajstić information content (AvgIpc) is 3.04. The fourth-order valence-corrected chi connectivity index (χ4v) is 2.69. The van der Waals surface area contributed by atoms with Crippen LogP contribution < -0.4 is 5.32 Å². The lowest BCUT2D eigenvalue weighted by Gasteiger charge is -2.08. The molecule has 1 N–H and O–H groups in total. The van der Waals surface area contributed by atoms with Gasteiger partial charge in [0.25, 0.3) is 5.91 Å². The minimum Gasteiger partial charge on any atom is -0.345 e. The number of amides is 1. The average molecular weight is 407 g/mol. The van der Waals surface area contributed by atoms with Gasteiger partial charge in [-0.05, 0) is 47.7 Å². The Hall–Kier alpha value is -2.25. The molecular formula is C16H13BrClN5O. The first-order valence-corrected chi connectivity index (χ1v) is 8.29. The van der Waals surface area contributed by atoms with Crippen molar-refractivity contribution in [2.75, 3.05) is 0 Å². The number of carbonyl (C=O) groups is 1. The van der Waals surface area contributed by atoms with Gasteiger partial charge in [-0.1, -0.05) is 45.2 Å². The predicted octanol–water partition coefficient (Wildman–Crippen LogP) is 3.32. The lowest BCUT2D eigenvalue weighted by molar-refractivity contribution is 0.0949. The van der Waals surface area contributed by atoms with Crippen LogP contribution in [0.5, 0.6) is 0 Å². The Bertz CT molecular complexity index is 878. The van der Waals surface area contributed by atoms with Crippen molar-refractivity contribution in [3.63, 3.8) is 0 Å². The molecule has 0 bridgehead atoms. The first-order chi connectivity index (χ1) is 11.5. The molecule has 3 rings (SSSR count). The van der Waals surface area contributed by atoms with E-state index in [4.69, 9.17) is 11.6 Å². The molecule has 0 atom stereocenters. The summed E-state index contributed by atoms with van der Waals surface area (Å²) in [4.78, 5) is 12.3. The summed E-state index contributed by atoms with van der Waals surface area (Å²) in [5.41, 5.74) is 2.36. The van der Waals surface area contributed by atoms with Crippen LogP contribution in [0.1, 0.15) is 21.7 Å². The maximum absolute atomic E-state index is 12.3. The van der Waals surface area contributed by atoms with E-state index in [1.54, 1.807) is 22.9 Å². The summed E-state index contributed by atoms with van der Waals surface area (Å²) in [5.74, 6) is 0.234. The molecule has 0 unspecified atom stereocenters. The molecule has 0 aliphatic rings. The van der Waals surface area contributed by atoms with Crippen molar-refractivity contribution in [2.24, 2.45) is 0 Å². The topological polar surface area (TPSA) is 72.7 Å². The molecule has 0 radical (unpaired) electrons. The van der Waals surface area contributed by atoms with Crippen molar-refractivity contribution in [3.8, 4) is 5.69 Å². The molecule has 24 heavy (non-hydrogen) atoms. The van der Waals surface area contributed by atoms with Crippen LogP contribution in [0.25, 0.3) is 5.69 Å². The normalized spacial score (nSPS) is 10.6. The number of hydrogen-bond donors (Lipinski definition) is 1. The number of halogens is 2. The Morgan fingerprint density at radius 1 is 1.25 bits per heavy atom. The standard InChI is InChI=1S/C16H13BrClN5O/c1-10-2-5-12(6-3-10)23-15(20-21-22-23)9-19-16(24)13-8-11(17)4-7-14(13)18/h2-8H,9H2,1H3,(H,19,24). The number of nitrogens with zero attached hydrogens (tertiary/aromatic N) is 4. The second-order valence-corrected chi connectivity index (χ2v) is 6.47. The number of nitrogens with one attached hydrogen (secondary N) is 1. The highest BCUT2D eigenvalue weighted by molar-refractivity contribution is 9.10. The highest BCUT2D eigenvalue weighted by atomic mass is 79.9. The molecule has 3 aromatic rings. The van der Waals surface area contributed by atoms with Crippen LogP contribution in [0.3, 0.4) is 0 Å². The molecule has 1 heterocycles. The Balaban J connectivity index is 1.76. The largest absolute Gasteiger partial charge is 0.345 e. The predicted molar refractivity (Wildman–Crippen MR) is 94.2 cm³/mol. The van der Waals surface area contributed by atoms with Crippen molar-refractivity contribution in [2.45, 2.75) is 13.5 Å². The van der Waals surface area contributed by atoms with Gasteiger partial charge in [-0.25, -0.2) is 0 Å². The fourth-order valence-electron chi connectivity index (χ4n) is 2.13. The Labute approximate surface area is 152 Å². The molecule has 2 aromatic carbocycles. The van der Waals surface area contributed by atoms with Crippen LogP contribution in [0, 0.1) is 6.92 Å². The van der Waals surface area contributed by atoms with Crippen molar-refractivity contribution < 1.29 is 4.79 Å². The van der Waals surface area contributed by atoms with Crippen LogP contribution in [0.15, 0.2) is 46.9 Å². The zero-order valence-electron chi connectivity index (χ0n) is 12.7. The fraction of sp³-hybridized carbons (Fsp3) is 0.125. The number of rotatable bonds is 4. The zero-order chi connectivity index (χ0) is 17.1. The lowest BCUT2D eigenvalue weighted by Crippen LogP contribution is -2.25. The highest BCUT2D eigenvalue weighted by Crippen LogP contribution is 2.21. The van der Waals surface area contributed by atoms with Crippen LogP contribution in [0.4, 0.5) is 0 Å². The first-order valence-electron chi connectivity index (χ1n) is 7.12. The van der Waals surface area contributed by atoms with Crippen molar-refractivity contribution in [1.29, 1.82) is 0 Å². The third-order valence-corrected chi connectivity index (χ3v) is 4.22. The minimum atomic E-state index is -0.292. The van der Waals surface area contributed by atoms with Crippen molar-refractivity contribution >= 4 is 33.4 Å². The molecule has 0 aliphatic carbocycles. The van der Waals surface area contributed by atoms with E-state index >= 15 is 0 Å². The van der Waals surface area contributed by atoms with Gasteiger partial charge in [0.1, 0.15) is 0 Å². The van der Waals surface area contributed by atoms with Crippen LogP contribution in [0.2, 0.25) is 5.02 Å². The highest BCUT2D eigenvalue weighted by Gasteiger charge is 2.13. The quantitative estimate of drug-likeness (QED) is 0.721. The van der Waals surface area contributed by atoms with Crippen molar-refractivity contribution in [1.82, 2.24) is 25.5 Å². The number of benzene rings is 2. The maximum atomic E-state index is 12.3. The third-order valence-electron chi connectivity index (χ3n) is 3.39. The molecular weight excluding hydrogens is 394 g/mol. The van der Waals surface area contributed by atoms with Crippen molar-refractivity contribution in [3.05, 3.63) is 68.9 Å². The number of carbonyl (C=O) groups excluding carboxylic acids is 1. The van der Waals surface area contributed by atoms with Crippen LogP contribution >= 0.6 is 27.5 Å². The summed E-state index contributed by atoms with van der Waals surface area (Å²) in [6, 6.07) is 12.9. The SMILES string of the molecule is Cc1ccc(-n2nnnc2CNC(=O)c2cc(Br)ccc2Cl)cc1. The number of aromatic nitrogens is 4. The van der Waals surface area contributed by atoms with Gasteiger partial charge in [-0.2, -0.15) is 4.68 Å². The summed E-state index contributed by atoms with van der Waals surface area (Å²) >= 11 is 9.39. The van der Waals surface area contributed by atoms with E-state index in [2.05, 4.69) is 36.8 Å². The molecule has 1 amide bonds. The Morgan fingerprint density at radius 3 is 2.75 bits per heavy atom. The summed E-state index contributed by atoms with van der Waals surface area (Å²) < 4.78 is 2.36. The van der Waals surface area contributed by atoms with E-state index in [0.29, 0.717) is 16.4 Å². The summed E-state index contributed by atoms with van der Waals surface area (Å²) in [7, 11) is 0. The van der Waals surface area contributed by atoms with Crippen LogP contribution in [-0.2, 0) is 6.54 Å². The molecule has 0 aliphatic heterocycles. The van der Waals surface area contributed by atoms with E-state index in [9.17, 15) is 4.79 Å². The first kappa shape index (κ1) is 16.6. The molecule has 0 saturated heterocycles. The third kappa shape index (κ3) is 3.63. The number of hydrogen-bond acceptors (Lipinski definition) is 4. The van der Waals surface area contributed by atoms with Crippen LogP contribution in [-0.4, -0.2) is 26.1 Å². The Morgan fingerprint density at radius 2 is 2.00 bits per heavy atom. The smallest absolute Gasteiger partial charge is 0.253 e. The second-order valence-electron chi connectivity index (χ2n) is 5.15. The molecule has 1 aromatic heterocycles. The van der Waals surface area contributed by atoms with E-state index in [-0.39, 0.29) is 12.5 Å². The summed E-state index contributed by atoms with van der Waals surface area (Å²) in [5, 5.41) is 14.8. The molecule has 8 heteroatoms.